The van der Waals surface area contributed by atoms with E-state index in [0.29, 0.717) is 31.6 Å². The molecule has 1 saturated carbocycles. The van der Waals surface area contributed by atoms with E-state index in [-0.39, 0.29) is 17.3 Å². The van der Waals surface area contributed by atoms with Crippen LogP contribution in [0.15, 0.2) is 22.4 Å². The standard InChI is InChI=1S/C23H32N6O2S.C20H29ClN4O3SSi.C10H19N/c1-28-11-8-23(15-28)9-12-29(13-10-23)32(30,31)22-25-21(26-27-22)24-20-18-6-2-4-16(18)14-17-5-3-7-19(17)20;1-30(2,3)11-10-28-13-25-19(23-20(24-25)29(21,26)27)22-18-16-8-4-6-14(16)12-15-7-5-9-17(15)18;1-11-8-7-10(9-11)5-3-2-4-6-10/h14H,2-13,15H2,1H3,(H2,24,25,26,27);12H,4-11,13H2,1-3H3,(H,22,23,24);2-9H2,1H3. The summed E-state index contributed by atoms with van der Waals surface area (Å²) in [4.78, 5) is 13.5. The zero-order chi connectivity index (χ0) is 51.2. The Bertz CT molecular complexity index is 2800. The van der Waals surface area contributed by atoms with Crippen molar-refractivity contribution in [3.05, 3.63) is 56.6 Å². The zero-order valence-electron chi connectivity index (χ0n) is 44.2. The van der Waals surface area contributed by atoms with E-state index in [1.807, 2.05) is 0 Å². The highest BCUT2D eigenvalue weighted by Gasteiger charge is 2.43. The number of anilines is 4. The van der Waals surface area contributed by atoms with Crippen molar-refractivity contribution < 1.29 is 21.6 Å². The molecule has 4 fully saturated rings. The van der Waals surface area contributed by atoms with Crippen molar-refractivity contribution >= 4 is 61.1 Å². The van der Waals surface area contributed by atoms with Crippen LogP contribution in [0.4, 0.5) is 23.3 Å². The lowest BCUT2D eigenvalue weighted by atomic mass is 9.74. The van der Waals surface area contributed by atoms with Crippen LogP contribution in [-0.4, -0.2) is 129 Å². The lowest BCUT2D eigenvalue weighted by Crippen LogP contribution is -2.44. The summed E-state index contributed by atoms with van der Waals surface area (Å²) in [5.41, 5.74) is 14.3. The number of sulfonamides is 1. The number of halogens is 1. The van der Waals surface area contributed by atoms with Gasteiger partial charge in [-0.1, -0.05) is 51.0 Å². The van der Waals surface area contributed by atoms with Gasteiger partial charge in [-0.05, 0) is 204 Å². The van der Waals surface area contributed by atoms with Gasteiger partial charge in [-0.2, -0.15) is 14.3 Å². The first-order valence-corrected chi connectivity index (χ1v) is 35.0. The molecule has 3 aliphatic heterocycles. The number of nitrogens with zero attached hydrogens (tertiary/aromatic N) is 8. The minimum atomic E-state index is -4.03. The van der Waals surface area contributed by atoms with Gasteiger partial charge in [0.15, 0.2) is 0 Å². The molecule has 400 valence electrons. The van der Waals surface area contributed by atoms with Gasteiger partial charge in [-0.3, -0.25) is 0 Å². The average Bonchev–Trinajstić information content (AvgIpc) is 4.20. The van der Waals surface area contributed by atoms with Crippen LogP contribution in [-0.2, 0) is 81.9 Å². The molecule has 20 heteroatoms. The molecular weight excluding hydrogens is 998 g/mol. The average molecular weight is 1080 g/mol. The van der Waals surface area contributed by atoms with Crippen LogP contribution in [0, 0.1) is 10.8 Å². The maximum Gasteiger partial charge on any atom is 0.298 e. The predicted molar refractivity (Wildman–Crippen MR) is 291 cm³/mol. The molecule has 16 nitrogen and oxygen atoms in total. The molecule has 2 aromatic heterocycles. The van der Waals surface area contributed by atoms with Crippen molar-refractivity contribution in [1.29, 1.82) is 0 Å². The SMILES string of the molecule is CN1CCC2(CCCCC2)C1.CN1CCC2(CCN(S(=O)(=O)c3nc(Nc4c5c(cc6c4CCC6)CCC5)n[nH]3)CC2)C1.C[Si](C)(C)CCOCn1nc(S(=O)(=O)Cl)nc1Nc1c2c(cc3c1CCC3)CCC2. The Labute approximate surface area is 440 Å². The van der Waals surface area contributed by atoms with E-state index in [9.17, 15) is 16.8 Å². The summed E-state index contributed by atoms with van der Waals surface area (Å²) in [6, 6.07) is 5.76. The van der Waals surface area contributed by atoms with Crippen LogP contribution in [0.3, 0.4) is 0 Å². The van der Waals surface area contributed by atoms with Gasteiger partial charge in [0.2, 0.25) is 11.9 Å². The van der Waals surface area contributed by atoms with E-state index in [4.69, 9.17) is 15.4 Å². The molecule has 0 bridgehead atoms. The van der Waals surface area contributed by atoms with E-state index in [2.05, 4.69) is 91.6 Å². The normalized spacial score (nSPS) is 21.4. The second kappa shape index (κ2) is 21.5. The van der Waals surface area contributed by atoms with Crippen molar-refractivity contribution in [1.82, 2.24) is 44.1 Å². The van der Waals surface area contributed by atoms with Crippen LogP contribution in [0.2, 0.25) is 25.7 Å². The fourth-order valence-corrected chi connectivity index (χ4v) is 16.1. The lowest BCUT2D eigenvalue weighted by molar-refractivity contribution is 0.0792. The van der Waals surface area contributed by atoms with Crippen molar-refractivity contribution in [2.24, 2.45) is 10.8 Å². The highest BCUT2D eigenvalue weighted by Crippen LogP contribution is 2.45. The molecule has 73 heavy (non-hydrogen) atoms. The Morgan fingerprint density at radius 3 is 1.63 bits per heavy atom. The van der Waals surface area contributed by atoms with E-state index in [1.54, 1.807) is 4.31 Å². The van der Waals surface area contributed by atoms with E-state index in [1.165, 1.54) is 120 Å². The molecule has 5 heterocycles. The zero-order valence-corrected chi connectivity index (χ0v) is 47.6. The monoisotopic (exact) mass is 1080 g/mol. The number of aromatic nitrogens is 6. The topological polar surface area (TPSA) is 184 Å². The Hall–Kier alpha value is -3.43. The number of aromatic amines is 1. The number of benzene rings is 2. The fraction of sp³-hybridized carbons (Fsp3) is 0.698. The van der Waals surface area contributed by atoms with Gasteiger partial charge in [-0.15, -0.1) is 10.2 Å². The summed E-state index contributed by atoms with van der Waals surface area (Å²) in [6.07, 6.45) is 25.2. The number of aryl methyl sites for hydroxylation is 4. The van der Waals surface area contributed by atoms with Crippen molar-refractivity contribution in [2.75, 3.05) is 70.6 Å². The molecule has 0 unspecified atom stereocenters. The summed E-state index contributed by atoms with van der Waals surface area (Å²) in [5, 5.41) is 17.4. The first-order chi connectivity index (χ1) is 34.9. The third-order valence-corrected chi connectivity index (χ3v) is 21.9. The Morgan fingerprint density at radius 1 is 0.658 bits per heavy atom. The summed E-state index contributed by atoms with van der Waals surface area (Å²) >= 11 is 0. The summed E-state index contributed by atoms with van der Waals surface area (Å²) in [7, 11) is 1.02. The van der Waals surface area contributed by atoms with E-state index in [0.717, 1.165) is 113 Å². The maximum absolute atomic E-state index is 13.2. The molecule has 2 spiro atoms. The number of nitrogens with one attached hydrogen (secondary N) is 3. The highest BCUT2D eigenvalue weighted by atomic mass is 35.7. The largest absolute Gasteiger partial charge is 0.359 e. The van der Waals surface area contributed by atoms with Gasteiger partial charge in [0.1, 0.15) is 6.73 Å². The molecule has 3 saturated heterocycles. The van der Waals surface area contributed by atoms with Gasteiger partial charge in [0.25, 0.3) is 29.4 Å². The molecule has 0 amide bonds. The molecular formula is C53H80ClN11O5S2Si. The van der Waals surface area contributed by atoms with Gasteiger partial charge >= 0.3 is 0 Å². The minimum absolute atomic E-state index is 0.0521. The van der Waals surface area contributed by atoms with Gasteiger partial charge in [-0.25, -0.2) is 26.6 Å². The maximum atomic E-state index is 13.2. The number of rotatable bonds is 12. The van der Waals surface area contributed by atoms with Crippen molar-refractivity contribution in [2.45, 2.75) is 178 Å². The summed E-state index contributed by atoms with van der Waals surface area (Å²) < 4.78 is 59.1. The van der Waals surface area contributed by atoms with Crippen molar-refractivity contribution in [3.8, 4) is 0 Å². The number of hydrogen-bond acceptors (Lipinski definition) is 13. The van der Waals surface area contributed by atoms with Crippen LogP contribution >= 0.6 is 10.7 Å². The van der Waals surface area contributed by atoms with E-state index >= 15 is 0 Å². The fourth-order valence-electron chi connectivity index (χ4n) is 13.5. The number of H-pyrrole nitrogens is 1. The minimum Gasteiger partial charge on any atom is -0.359 e. The number of hydrogen-bond donors (Lipinski definition) is 3. The predicted octanol–water partition coefficient (Wildman–Crippen LogP) is 9.14. The second-order valence-corrected chi connectivity index (χ2v) is 34.1. The molecule has 8 aliphatic rings. The number of fused-ring (bicyclic) bond motifs is 4. The Balaban J connectivity index is 0.000000139. The highest BCUT2D eigenvalue weighted by molar-refractivity contribution is 8.13. The molecule has 4 aromatic rings. The van der Waals surface area contributed by atoms with Gasteiger partial charge in [0.05, 0.1) is 0 Å². The first-order valence-electron chi connectivity index (χ1n) is 27.5. The smallest absolute Gasteiger partial charge is 0.298 e. The molecule has 2 aromatic carbocycles. The van der Waals surface area contributed by atoms with Crippen LogP contribution in [0.5, 0.6) is 0 Å². The number of likely N-dealkylation sites (tertiary alicyclic amines) is 2. The summed E-state index contributed by atoms with van der Waals surface area (Å²) in [5.74, 6) is 0.709. The third-order valence-electron chi connectivity index (χ3n) is 17.5. The number of piperidine rings is 1. The van der Waals surface area contributed by atoms with Crippen LogP contribution < -0.4 is 10.6 Å². The second-order valence-electron chi connectivity index (χ2n) is 24.1. The molecule has 3 N–H and O–H groups in total. The Morgan fingerprint density at radius 2 is 1.15 bits per heavy atom. The summed E-state index contributed by atoms with van der Waals surface area (Å²) in [6.45, 7) is 13.6. The first kappa shape index (κ1) is 53.0. The Kier molecular flexibility index (Phi) is 15.6. The van der Waals surface area contributed by atoms with Crippen molar-refractivity contribution in [3.63, 3.8) is 0 Å². The third kappa shape index (κ3) is 11.9. The number of ether oxygens (including phenoxy) is 1. The quantitative estimate of drug-likeness (QED) is 0.0694. The van der Waals surface area contributed by atoms with Crippen LogP contribution in [0.25, 0.3) is 0 Å². The van der Waals surface area contributed by atoms with Gasteiger partial charge < -0.3 is 25.2 Å². The van der Waals surface area contributed by atoms with E-state index < -0.39 is 32.3 Å². The molecule has 12 rings (SSSR count). The van der Waals surface area contributed by atoms with Crippen LogP contribution in [0.1, 0.15) is 128 Å². The molecule has 0 radical (unpaired) electrons. The molecule has 0 atom stereocenters. The molecule has 5 aliphatic carbocycles. The van der Waals surface area contributed by atoms with Gasteiger partial charge in [0, 0.05) is 62.9 Å². The lowest BCUT2D eigenvalue weighted by Gasteiger charge is -2.38.